The number of carbonyl (C=O) groups is 2. The molecule has 1 aromatic heterocycles. The molecule has 11 heteroatoms. The summed E-state index contributed by atoms with van der Waals surface area (Å²) in [6, 6.07) is 31.2. The van der Waals surface area contributed by atoms with Gasteiger partial charge in [-0.15, -0.1) is 10.6 Å². The summed E-state index contributed by atoms with van der Waals surface area (Å²) in [7, 11) is 1.31. The number of hydrogen-bond donors (Lipinski definition) is 4. The van der Waals surface area contributed by atoms with Crippen LogP contribution in [0.15, 0.2) is 116 Å². The number of ether oxygens (including phenoxy) is 1. The van der Waals surface area contributed by atoms with Crippen LogP contribution < -0.4 is 16.0 Å². The molecule has 2 heterocycles. The Morgan fingerprint density at radius 2 is 1.46 bits per heavy atom. The number of aromatic carboxylic acids is 1. The van der Waals surface area contributed by atoms with E-state index in [9.17, 15) is 19.8 Å². The van der Waals surface area contributed by atoms with Gasteiger partial charge in [0.1, 0.15) is 17.1 Å². The molecule has 0 fully saturated rings. The summed E-state index contributed by atoms with van der Waals surface area (Å²) in [5.74, 6) is -1.47. The zero-order chi connectivity index (χ0) is 31.8. The lowest BCUT2D eigenvalue weighted by atomic mass is 10.0. The van der Waals surface area contributed by atoms with Crippen LogP contribution >= 0.6 is 0 Å². The maximum atomic E-state index is 11.9. The summed E-state index contributed by atoms with van der Waals surface area (Å²) < 4.78 is 6.45. The first-order valence-electron chi connectivity index (χ1n) is 14.2. The molecule has 46 heavy (non-hydrogen) atoms. The van der Waals surface area contributed by atoms with Gasteiger partial charge < -0.3 is 20.4 Å². The number of aromatic nitrogens is 3. The van der Waals surface area contributed by atoms with Crippen LogP contribution in [0.1, 0.15) is 26.3 Å². The van der Waals surface area contributed by atoms with Gasteiger partial charge in [-0.05, 0) is 46.8 Å². The number of nitrogens with zero attached hydrogens (tertiary/aromatic N) is 4. The predicted molar refractivity (Wildman–Crippen MR) is 173 cm³/mol. The first-order valence-corrected chi connectivity index (χ1v) is 14.2. The number of esters is 1. The van der Waals surface area contributed by atoms with Gasteiger partial charge in [-0.3, -0.25) is 5.01 Å². The first kappa shape index (κ1) is 28.3. The Hall–Kier alpha value is -6.46. The number of hydrogen-bond acceptors (Lipinski definition) is 9. The monoisotopic (exact) mass is 610 g/mol. The minimum absolute atomic E-state index is 0.00341. The van der Waals surface area contributed by atoms with Gasteiger partial charge in [-0.2, -0.15) is 0 Å². The topological polar surface area (TPSA) is 142 Å². The molecule has 4 N–H and O–H groups in total. The van der Waals surface area contributed by atoms with Crippen LogP contribution in [0.3, 0.4) is 0 Å². The number of carboxylic acids is 1. The van der Waals surface area contributed by atoms with Gasteiger partial charge in [-0.25, -0.2) is 14.3 Å². The summed E-state index contributed by atoms with van der Waals surface area (Å²) in [5.41, 5.74) is 13.1. The lowest BCUT2D eigenvalue weighted by Crippen LogP contribution is -2.36. The number of anilines is 1. The number of methoxy groups -OCH3 is 1. The van der Waals surface area contributed by atoms with Gasteiger partial charge in [0, 0.05) is 22.7 Å². The van der Waals surface area contributed by atoms with E-state index in [1.165, 1.54) is 19.2 Å². The summed E-state index contributed by atoms with van der Waals surface area (Å²) in [5, 5.41) is 31.6. The van der Waals surface area contributed by atoms with Crippen molar-refractivity contribution in [3.63, 3.8) is 0 Å². The molecular weight excluding hydrogens is 584 g/mol. The van der Waals surface area contributed by atoms with E-state index in [-0.39, 0.29) is 11.3 Å². The molecule has 11 nitrogen and oxygen atoms in total. The Labute approximate surface area is 262 Å². The molecule has 0 radical (unpaired) electrons. The van der Waals surface area contributed by atoms with Gasteiger partial charge in [0.25, 0.3) is 0 Å². The van der Waals surface area contributed by atoms with E-state index in [4.69, 9.17) is 4.74 Å². The average molecular weight is 611 g/mol. The molecule has 0 aliphatic carbocycles. The number of hydrazine groups is 2. The number of carbonyl (C=O) groups excluding carboxylic acids is 1. The van der Waals surface area contributed by atoms with E-state index in [0.29, 0.717) is 22.3 Å². The van der Waals surface area contributed by atoms with Crippen molar-refractivity contribution in [1.29, 1.82) is 0 Å². The predicted octanol–water partition coefficient (Wildman–Crippen LogP) is 5.77. The lowest BCUT2D eigenvalue weighted by Gasteiger charge is -2.17. The van der Waals surface area contributed by atoms with Crippen LogP contribution in [0.25, 0.3) is 44.5 Å². The SMILES string of the molecule is COC(=O)c1ccc(O)c(N2C=C(c3ccc(-c4ccc(-c5cn(-c6cccc7c(C(=O)O)cccc67)nn5)cc4)cc3)NN2)c1. The second-order valence-electron chi connectivity index (χ2n) is 10.5. The van der Waals surface area contributed by atoms with Gasteiger partial charge in [0.15, 0.2) is 0 Å². The van der Waals surface area contributed by atoms with E-state index in [2.05, 4.69) is 21.3 Å². The smallest absolute Gasteiger partial charge is 0.337 e. The van der Waals surface area contributed by atoms with E-state index in [1.54, 1.807) is 40.2 Å². The number of nitrogens with one attached hydrogen (secondary N) is 2. The second-order valence-corrected chi connectivity index (χ2v) is 10.5. The third-order valence-corrected chi connectivity index (χ3v) is 7.80. The molecule has 0 amide bonds. The highest BCUT2D eigenvalue weighted by atomic mass is 16.5. The number of benzene rings is 5. The lowest BCUT2D eigenvalue weighted by molar-refractivity contribution is 0.0599. The Morgan fingerprint density at radius 3 is 2.17 bits per heavy atom. The number of aromatic hydroxyl groups is 1. The molecular formula is C35H26N6O5. The van der Waals surface area contributed by atoms with Crippen molar-refractivity contribution in [2.45, 2.75) is 0 Å². The summed E-state index contributed by atoms with van der Waals surface area (Å²) in [4.78, 5) is 23.6. The van der Waals surface area contributed by atoms with Crippen molar-refractivity contribution in [2.75, 3.05) is 12.1 Å². The molecule has 226 valence electrons. The molecule has 7 rings (SSSR count). The van der Waals surface area contributed by atoms with E-state index < -0.39 is 11.9 Å². The van der Waals surface area contributed by atoms with Crippen molar-refractivity contribution >= 4 is 34.1 Å². The Morgan fingerprint density at radius 1 is 0.783 bits per heavy atom. The van der Waals surface area contributed by atoms with Crippen LogP contribution in [0.5, 0.6) is 5.75 Å². The van der Waals surface area contributed by atoms with E-state index in [0.717, 1.165) is 39.0 Å². The highest BCUT2D eigenvalue weighted by Gasteiger charge is 2.19. The molecule has 1 aliphatic rings. The molecule has 1 aliphatic heterocycles. The summed E-state index contributed by atoms with van der Waals surface area (Å²) in [6.07, 6.45) is 3.62. The van der Waals surface area contributed by atoms with Gasteiger partial charge in [0.2, 0.25) is 0 Å². The zero-order valence-electron chi connectivity index (χ0n) is 24.4. The largest absolute Gasteiger partial charge is 0.506 e. The molecule has 0 saturated carbocycles. The fraction of sp³-hybridized carbons (Fsp3) is 0.0286. The van der Waals surface area contributed by atoms with Crippen LogP contribution in [0, 0.1) is 0 Å². The quantitative estimate of drug-likeness (QED) is 0.165. The molecule has 6 aromatic rings. The second kappa shape index (κ2) is 11.6. The molecule has 5 aromatic carbocycles. The molecule has 0 spiro atoms. The third-order valence-electron chi connectivity index (χ3n) is 7.80. The minimum atomic E-state index is -0.978. The van der Waals surface area contributed by atoms with E-state index in [1.807, 2.05) is 72.9 Å². The normalized spacial score (nSPS) is 12.5. The zero-order valence-corrected chi connectivity index (χ0v) is 24.4. The van der Waals surface area contributed by atoms with Gasteiger partial charge >= 0.3 is 11.9 Å². The van der Waals surface area contributed by atoms with Crippen molar-refractivity contribution in [3.05, 3.63) is 132 Å². The molecule has 0 bridgehead atoms. The standard InChI is InChI=1S/C35H26N6O5/c1-46-35(45)25-16-17-33(42)32(18-25)41-20-30(37-39-41)24-14-10-22(11-15-24)21-8-12-23(13-9-21)29-19-40(38-36-29)31-7-3-4-26-27(31)5-2-6-28(26)34(43)44/h2-20,37,39,42H,1H3,(H,43,44). The van der Waals surface area contributed by atoms with Gasteiger partial charge in [0.05, 0.1) is 35.8 Å². The third kappa shape index (κ3) is 5.16. The van der Waals surface area contributed by atoms with Crippen LogP contribution in [0.4, 0.5) is 5.69 Å². The Bertz CT molecular complexity index is 2160. The Kier molecular flexibility index (Phi) is 7.12. The number of phenolic OH excluding ortho intramolecular Hbond substituents is 1. The number of fused-ring (bicyclic) bond motifs is 1. The molecule has 0 saturated heterocycles. The van der Waals surface area contributed by atoms with E-state index >= 15 is 0 Å². The van der Waals surface area contributed by atoms with Crippen molar-refractivity contribution in [2.24, 2.45) is 0 Å². The summed E-state index contributed by atoms with van der Waals surface area (Å²) in [6.45, 7) is 0. The fourth-order valence-corrected chi connectivity index (χ4v) is 5.42. The van der Waals surface area contributed by atoms with Crippen LogP contribution in [0.2, 0.25) is 0 Å². The van der Waals surface area contributed by atoms with Crippen molar-refractivity contribution in [1.82, 2.24) is 26.0 Å². The number of rotatable bonds is 7. The molecule has 0 atom stereocenters. The van der Waals surface area contributed by atoms with Crippen molar-refractivity contribution in [3.8, 4) is 33.8 Å². The highest BCUT2D eigenvalue weighted by molar-refractivity contribution is 6.06. The fourth-order valence-electron chi connectivity index (χ4n) is 5.42. The van der Waals surface area contributed by atoms with Gasteiger partial charge in [-0.1, -0.05) is 78.0 Å². The Balaban J connectivity index is 1.08. The maximum absolute atomic E-state index is 11.9. The average Bonchev–Trinajstić information content (AvgIpc) is 3.79. The highest BCUT2D eigenvalue weighted by Crippen LogP contribution is 2.32. The molecule has 0 unspecified atom stereocenters. The number of phenols is 1. The first-order chi connectivity index (χ1) is 22.4. The van der Waals surface area contributed by atoms with Crippen LogP contribution in [-0.2, 0) is 4.74 Å². The minimum Gasteiger partial charge on any atom is -0.506 e. The van der Waals surface area contributed by atoms with Crippen molar-refractivity contribution < 1.29 is 24.5 Å². The number of carboxylic acid groups (broad SMARTS) is 1. The maximum Gasteiger partial charge on any atom is 0.337 e. The summed E-state index contributed by atoms with van der Waals surface area (Å²) >= 11 is 0. The van der Waals surface area contributed by atoms with Crippen LogP contribution in [-0.4, -0.2) is 44.3 Å².